The molecule has 0 aromatic heterocycles. The van der Waals surface area contributed by atoms with Crippen molar-refractivity contribution in [3.05, 3.63) is 144 Å². The Labute approximate surface area is 311 Å². The van der Waals surface area contributed by atoms with E-state index in [1.165, 1.54) is 0 Å². The van der Waals surface area contributed by atoms with Crippen LogP contribution in [0.25, 0.3) is 0 Å². The quantitative estimate of drug-likeness (QED) is 0.0335. The Balaban J connectivity index is 1.55. The van der Waals surface area contributed by atoms with Crippen LogP contribution in [0.2, 0.25) is 25.7 Å². The van der Waals surface area contributed by atoms with Gasteiger partial charge in [-0.25, -0.2) is 0 Å². The van der Waals surface area contributed by atoms with E-state index in [1.807, 2.05) is 97.1 Å². The lowest BCUT2D eigenvalue weighted by molar-refractivity contribution is -0.317. The highest BCUT2D eigenvalue weighted by Crippen LogP contribution is 2.34. The molecule has 0 radical (unpaired) electrons. The molecule has 3 aromatic rings. The van der Waals surface area contributed by atoms with Crippen molar-refractivity contribution in [3.63, 3.8) is 0 Å². The highest BCUT2D eigenvalue weighted by molar-refractivity contribution is 6.76. The first-order valence-electron chi connectivity index (χ1n) is 17.6. The Hall–Kier alpha value is -2.89. The van der Waals surface area contributed by atoms with Crippen molar-refractivity contribution in [3.8, 4) is 0 Å². The fourth-order valence-electron chi connectivity index (χ4n) is 5.72. The molecule has 0 unspecified atom stereocenters. The predicted molar refractivity (Wildman–Crippen MR) is 207 cm³/mol. The minimum atomic E-state index is -1.21. The summed E-state index contributed by atoms with van der Waals surface area (Å²) < 4.78 is 44.7. The van der Waals surface area contributed by atoms with Gasteiger partial charge in [0.1, 0.15) is 25.1 Å². The van der Waals surface area contributed by atoms with Gasteiger partial charge in [0.2, 0.25) is 0 Å². The van der Waals surface area contributed by atoms with Gasteiger partial charge in [0.05, 0.1) is 32.0 Å². The topological polar surface area (TPSA) is 64.6 Å². The second-order valence-corrected chi connectivity index (χ2v) is 20.2. The number of hydrogen-bond acceptors (Lipinski definition) is 7. The van der Waals surface area contributed by atoms with Crippen LogP contribution < -0.4 is 0 Å². The third-order valence-corrected chi connectivity index (χ3v) is 10.3. The zero-order valence-electron chi connectivity index (χ0n) is 30.6. The highest BCUT2D eigenvalue weighted by atomic mass is 35.5. The molecule has 1 aliphatic heterocycles. The zero-order chi connectivity index (χ0) is 36.5. The SMILES string of the molecule is C=C(Cl)/C=C/[C@H](CC(=C)C[C@H]1O[C@H](OC)[C@H](OCc2ccccc2)[C@@H](OCc2ccccc2)[C@@H]1OCc1ccccc1)OCOCC[Si](C)(C)C. The summed E-state index contributed by atoms with van der Waals surface area (Å²) in [6.07, 6.45) is 1.52. The van der Waals surface area contributed by atoms with Gasteiger partial charge in [-0.2, -0.15) is 0 Å². The summed E-state index contributed by atoms with van der Waals surface area (Å²) in [5, 5.41) is 0.418. The van der Waals surface area contributed by atoms with Gasteiger partial charge in [-0.15, -0.1) is 0 Å². The van der Waals surface area contributed by atoms with Gasteiger partial charge in [-0.3, -0.25) is 0 Å². The van der Waals surface area contributed by atoms with Crippen LogP contribution >= 0.6 is 11.6 Å². The molecule has 4 rings (SSSR count). The third-order valence-electron chi connectivity index (χ3n) is 8.51. The number of halogens is 1. The lowest BCUT2D eigenvalue weighted by Crippen LogP contribution is -2.60. The molecule has 0 saturated carbocycles. The normalized spacial score (nSPS) is 21.5. The van der Waals surface area contributed by atoms with Crippen molar-refractivity contribution >= 4 is 19.7 Å². The number of allylic oxidation sites excluding steroid dienone is 2. The minimum Gasteiger partial charge on any atom is -0.368 e. The molecule has 0 aliphatic carbocycles. The Morgan fingerprint density at radius 2 is 1.29 bits per heavy atom. The van der Waals surface area contributed by atoms with Crippen LogP contribution in [0.1, 0.15) is 29.5 Å². The maximum Gasteiger partial charge on any atom is 0.186 e. The number of methoxy groups -OCH3 is 1. The van der Waals surface area contributed by atoms with Crippen LogP contribution in [0.5, 0.6) is 0 Å². The van der Waals surface area contributed by atoms with Gasteiger partial charge in [0.25, 0.3) is 0 Å². The van der Waals surface area contributed by atoms with E-state index in [9.17, 15) is 0 Å². The Morgan fingerprint density at radius 3 is 1.78 bits per heavy atom. The van der Waals surface area contributed by atoms with Crippen molar-refractivity contribution < 1.29 is 33.2 Å². The summed E-state index contributed by atoms with van der Waals surface area (Å²) in [4.78, 5) is 0. The van der Waals surface area contributed by atoms with E-state index in [2.05, 4.69) is 32.8 Å². The highest BCUT2D eigenvalue weighted by Gasteiger charge is 2.48. The molecule has 1 aliphatic rings. The fraction of sp³-hybridized carbons (Fsp3) is 0.429. The lowest BCUT2D eigenvalue weighted by Gasteiger charge is -2.46. The molecular formula is C42H55ClO7Si. The first-order chi connectivity index (χ1) is 24.6. The largest absolute Gasteiger partial charge is 0.368 e. The summed E-state index contributed by atoms with van der Waals surface area (Å²) >= 11 is 6.09. The molecule has 3 aromatic carbocycles. The van der Waals surface area contributed by atoms with Crippen molar-refractivity contribution in [1.82, 2.24) is 0 Å². The summed E-state index contributed by atoms with van der Waals surface area (Å²) in [6, 6.07) is 31.3. The van der Waals surface area contributed by atoms with Crippen molar-refractivity contribution in [2.75, 3.05) is 20.5 Å². The third kappa shape index (κ3) is 14.9. The van der Waals surface area contributed by atoms with Crippen LogP contribution in [0, 0.1) is 0 Å². The molecule has 51 heavy (non-hydrogen) atoms. The first kappa shape index (κ1) is 40.9. The maximum atomic E-state index is 6.75. The predicted octanol–water partition coefficient (Wildman–Crippen LogP) is 9.46. The lowest BCUT2D eigenvalue weighted by atomic mass is 9.92. The monoisotopic (exact) mass is 734 g/mol. The van der Waals surface area contributed by atoms with E-state index in [0.29, 0.717) is 44.3 Å². The van der Waals surface area contributed by atoms with Crippen molar-refractivity contribution in [2.24, 2.45) is 0 Å². The Kier molecular flexibility index (Phi) is 17.3. The average Bonchev–Trinajstić information content (AvgIpc) is 3.12. The molecule has 1 fully saturated rings. The van der Waals surface area contributed by atoms with E-state index < -0.39 is 38.8 Å². The maximum absolute atomic E-state index is 6.75. The van der Waals surface area contributed by atoms with Crippen LogP contribution in [-0.2, 0) is 53.0 Å². The molecule has 0 spiro atoms. The standard InChI is InChI=1S/C42H55ClO7Si/c1-32(26-37(23-22-33(2)43)49-31-45-24-25-51(4,5)6)27-38-39(46-28-34-16-10-7-11-17-34)40(47-29-35-18-12-8-13-19-35)41(42(44-3)50-38)48-30-36-20-14-9-15-21-36/h7-23,37-42H,1-2,24-31H2,3-6H3/b23-22+/t37-,38-,39-,40+,41-,42+/m1/s1. The van der Waals surface area contributed by atoms with E-state index in [4.69, 9.17) is 44.8 Å². The molecule has 276 valence electrons. The molecule has 0 amide bonds. The van der Waals surface area contributed by atoms with Gasteiger partial charge < -0.3 is 33.2 Å². The van der Waals surface area contributed by atoms with Gasteiger partial charge in [0.15, 0.2) is 6.29 Å². The summed E-state index contributed by atoms with van der Waals surface area (Å²) in [5.41, 5.74) is 4.03. The fourth-order valence-corrected chi connectivity index (χ4v) is 6.55. The number of benzene rings is 3. The summed E-state index contributed by atoms with van der Waals surface area (Å²) in [5.74, 6) is 0. The minimum absolute atomic E-state index is 0.172. The molecule has 1 saturated heterocycles. The van der Waals surface area contributed by atoms with Gasteiger partial charge in [0, 0.05) is 26.8 Å². The van der Waals surface area contributed by atoms with Gasteiger partial charge >= 0.3 is 0 Å². The Morgan fingerprint density at radius 1 is 0.784 bits per heavy atom. The molecule has 9 heteroatoms. The molecular weight excluding hydrogens is 680 g/mol. The smallest absolute Gasteiger partial charge is 0.186 e. The van der Waals surface area contributed by atoms with Crippen LogP contribution in [0.3, 0.4) is 0 Å². The second-order valence-electron chi connectivity index (χ2n) is 14.1. The molecule has 1 heterocycles. The van der Waals surface area contributed by atoms with Crippen LogP contribution in [0.15, 0.2) is 127 Å². The van der Waals surface area contributed by atoms with E-state index in [1.54, 1.807) is 13.2 Å². The number of ether oxygens (including phenoxy) is 7. The summed E-state index contributed by atoms with van der Waals surface area (Å²) in [6.45, 7) is 17.2. The van der Waals surface area contributed by atoms with Gasteiger partial charge in [-0.1, -0.05) is 147 Å². The molecule has 7 nitrogen and oxygen atoms in total. The van der Waals surface area contributed by atoms with E-state index in [0.717, 1.165) is 28.3 Å². The van der Waals surface area contributed by atoms with Crippen molar-refractivity contribution in [2.45, 2.75) is 95.2 Å². The van der Waals surface area contributed by atoms with E-state index in [-0.39, 0.29) is 12.9 Å². The van der Waals surface area contributed by atoms with Crippen molar-refractivity contribution in [1.29, 1.82) is 0 Å². The molecule has 0 bridgehead atoms. The average molecular weight is 735 g/mol. The number of rotatable bonds is 22. The van der Waals surface area contributed by atoms with Crippen LogP contribution in [0.4, 0.5) is 0 Å². The first-order valence-corrected chi connectivity index (χ1v) is 21.7. The molecule has 0 N–H and O–H groups in total. The second kappa shape index (κ2) is 21.6. The van der Waals surface area contributed by atoms with E-state index >= 15 is 0 Å². The van der Waals surface area contributed by atoms with Crippen LogP contribution in [-0.4, -0.2) is 65.4 Å². The zero-order valence-corrected chi connectivity index (χ0v) is 32.3. The molecule has 6 atom stereocenters. The Bertz CT molecular complexity index is 1460. The summed E-state index contributed by atoms with van der Waals surface area (Å²) in [7, 11) is 0.418. The number of hydrogen-bond donors (Lipinski definition) is 0. The van der Waals surface area contributed by atoms with Gasteiger partial charge in [-0.05, 0) is 41.7 Å².